The highest BCUT2D eigenvalue weighted by atomic mass is 19.1. The van der Waals surface area contributed by atoms with Gasteiger partial charge in [0.25, 0.3) is 0 Å². The fourth-order valence-corrected chi connectivity index (χ4v) is 2.74. The zero-order valence-corrected chi connectivity index (χ0v) is 11.2. The lowest BCUT2D eigenvalue weighted by molar-refractivity contribution is -0.0281. The Hall–Kier alpha value is -1.00. The van der Waals surface area contributed by atoms with Crippen LogP contribution in [0.4, 0.5) is 8.78 Å². The Morgan fingerprint density at radius 2 is 1.95 bits per heavy atom. The lowest BCUT2D eigenvalue weighted by Gasteiger charge is -2.36. The number of hydrogen-bond acceptors (Lipinski definition) is 2. The van der Waals surface area contributed by atoms with Crippen molar-refractivity contribution in [3.05, 3.63) is 35.4 Å². The summed E-state index contributed by atoms with van der Waals surface area (Å²) in [6.45, 7) is 2.73. The number of halogens is 2. The summed E-state index contributed by atoms with van der Waals surface area (Å²) in [4.78, 5) is 0. The first-order chi connectivity index (χ1) is 9.10. The van der Waals surface area contributed by atoms with E-state index in [9.17, 15) is 8.78 Å². The minimum Gasteiger partial charge on any atom is -0.378 e. The van der Waals surface area contributed by atoms with E-state index in [1.807, 2.05) is 6.92 Å². The largest absolute Gasteiger partial charge is 0.378 e. The summed E-state index contributed by atoms with van der Waals surface area (Å²) in [7, 11) is 0. The molecule has 1 aromatic carbocycles. The summed E-state index contributed by atoms with van der Waals surface area (Å²) in [5.74, 6) is -0.478. The molecule has 2 N–H and O–H groups in total. The first kappa shape index (κ1) is 14.4. The summed E-state index contributed by atoms with van der Waals surface area (Å²) < 4.78 is 32.5. The maximum absolute atomic E-state index is 13.5. The average molecular weight is 269 g/mol. The van der Waals surface area contributed by atoms with Gasteiger partial charge in [0.1, 0.15) is 11.6 Å². The third-order valence-electron chi connectivity index (χ3n) is 3.76. The molecule has 19 heavy (non-hydrogen) atoms. The smallest absolute Gasteiger partial charge is 0.129 e. The van der Waals surface area contributed by atoms with Crippen LogP contribution in [0.5, 0.6) is 0 Å². The molecular formula is C15H21F2NO. The van der Waals surface area contributed by atoms with Crippen molar-refractivity contribution in [3.63, 3.8) is 0 Å². The number of rotatable bonds is 6. The first-order valence-electron chi connectivity index (χ1n) is 6.90. The topological polar surface area (TPSA) is 35.2 Å². The molecule has 0 spiro atoms. The Bertz CT molecular complexity index is 398. The van der Waals surface area contributed by atoms with Gasteiger partial charge in [-0.1, -0.05) is 6.07 Å². The molecule has 2 nitrogen and oxygen atoms in total. The van der Waals surface area contributed by atoms with E-state index in [1.165, 1.54) is 18.2 Å². The minimum absolute atomic E-state index is 0.107. The minimum atomic E-state index is -0.503. The predicted octanol–water partition coefficient (Wildman–Crippen LogP) is 3.04. The van der Waals surface area contributed by atoms with Crippen LogP contribution in [-0.2, 0) is 11.2 Å². The number of ether oxygens (including phenoxy) is 1. The van der Waals surface area contributed by atoms with Gasteiger partial charge in [-0.3, -0.25) is 0 Å². The average Bonchev–Trinajstić information content (AvgIpc) is 2.31. The molecule has 2 rings (SSSR count). The van der Waals surface area contributed by atoms with Gasteiger partial charge in [-0.15, -0.1) is 0 Å². The molecule has 1 unspecified atom stereocenters. The lowest BCUT2D eigenvalue weighted by atomic mass is 9.77. The summed E-state index contributed by atoms with van der Waals surface area (Å²) in [6.07, 6.45) is 3.45. The molecule has 0 bridgehead atoms. The fraction of sp³-hybridized carbons (Fsp3) is 0.600. The van der Waals surface area contributed by atoms with Gasteiger partial charge < -0.3 is 10.5 Å². The number of nitrogens with two attached hydrogens (primary N) is 1. The van der Waals surface area contributed by atoms with E-state index in [2.05, 4.69) is 0 Å². The van der Waals surface area contributed by atoms with Crippen LogP contribution < -0.4 is 5.73 Å². The van der Waals surface area contributed by atoms with Gasteiger partial charge in [-0.2, -0.15) is 0 Å². The molecule has 1 aromatic rings. The predicted molar refractivity (Wildman–Crippen MR) is 70.8 cm³/mol. The van der Waals surface area contributed by atoms with E-state index in [1.54, 1.807) is 0 Å². The van der Waals surface area contributed by atoms with Gasteiger partial charge in [0.15, 0.2) is 0 Å². The molecule has 1 saturated carbocycles. The fourth-order valence-electron chi connectivity index (χ4n) is 2.74. The second-order valence-corrected chi connectivity index (χ2v) is 5.31. The van der Waals surface area contributed by atoms with Crippen molar-refractivity contribution in [2.45, 2.75) is 44.8 Å². The van der Waals surface area contributed by atoms with E-state index in [-0.39, 0.29) is 18.0 Å². The molecule has 4 heteroatoms. The van der Waals surface area contributed by atoms with Crippen LogP contribution in [0.25, 0.3) is 0 Å². The van der Waals surface area contributed by atoms with Crippen LogP contribution >= 0.6 is 0 Å². The molecule has 1 fully saturated rings. The van der Waals surface area contributed by atoms with Crippen molar-refractivity contribution in [3.8, 4) is 0 Å². The molecule has 1 atom stereocenters. The highest BCUT2D eigenvalue weighted by Crippen LogP contribution is 2.33. The van der Waals surface area contributed by atoms with E-state index < -0.39 is 11.6 Å². The van der Waals surface area contributed by atoms with Crippen molar-refractivity contribution in [2.24, 2.45) is 11.7 Å². The van der Waals surface area contributed by atoms with Crippen molar-refractivity contribution in [2.75, 3.05) is 6.61 Å². The molecule has 0 aromatic heterocycles. The monoisotopic (exact) mass is 269 g/mol. The summed E-state index contributed by atoms with van der Waals surface area (Å²) in [6, 6.07) is 3.73. The van der Waals surface area contributed by atoms with E-state index >= 15 is 0 Å². The second kappa shape index (κ2) is 6.44. The quantitative estimate of drug-likeness (QED) is 0.861. The maximum Gasteiger partial charge on any atom is 0.129 e. The van der Waals surface area contributed by atoms with E-state index in [4.69, 9.17) is 10.5 Å². The van der Waals surface area contributed by atoms with Crippen molar-refractivity contribution >= 4 is 0 Å². The Balaban J connectivity index is 1.81. The standard InChI is InChI=1S/C15H21F2NO/c1-2-19-12-7-10(8-12)6-11(18)9-13-14(16)4-3-5-15(13)17/h3-5,10-12H,2,6-9,18H2,1H3. The SMILES string of the molecule is CCOC1CC(CC(N)Cc2c(F)cccc2F)C1. The number of hydrogen-bond donors (Lipinski definition) is 1. The van der Waals surface area contributed by atoms with Crippen LogP contribution in [0, 0.1) is 17.6 Å². The molecular weight excluding hydrogens is 248 g/mol. The highest BCUT2D eigenvalue weighted by molar-refractivity contribution is 5.20. The zero-order valence-electron chi connectivity index (χ0n) is 11.2. The molecule has 1 aliphatic carbocycles. The molecule has 106 valence electrons. The van der Waals surface area contributed by atoms with Crippen LogP contribution in [0.1, 0.15) is 31.7 Å². The molecule has 1 aliphatic rings. The molecule has 0 radical (unpaired) electrons. The van der Waals surface area contributed by atoms with Crippen LogP contribution in [-0.4, -0.2) is 18.8 Å². The first-order valence-corrected chi connectivity index (χ1v) is 6.90. The van der Waals surface area contributed by atoms with Gasteiger partial charge in [-0.25, -0.2) is 8.78 Å². The Morgan fingerprint density at radius 3 is 2.53 bits per heavy atom. The van der Waals surface area contributed by atoms with Crippen LogP contribution in [0.3, 0.4) is 0 Å². The third-order valence-corrected chi connectivity index (χ3v) is 3.76. The molecule has 0 aliphatic heterocycles. The van der Waals surface area contributed by atoms with E-state index in [0.717, 1.165) is 25.9 Å². The summed E-state index contributed by atoms with van der Waals surface area (Å²) >= 11 is 0. The lowest BCUT2D eigenvalue weighted by Crippen LogP contribution is -2.36. The zero-order chi connectivity index (χ0) is 13.8. The van der Waals surface area contributed by atoms with Crippen molar-refractivity contribution < 1.29 is 13.5 Å². The Labute approximate surface area is 112 Å². The molecule has 0 heterocycles. The molecule has 0 saturated heterocycles. The van der Waals surface area contributed by atoms with Gasteiger partial charge >= 0.3 is 0 Å². The highest BCUT2D eigenvalue weighted by Gasteiger charge is 2.30. The van der Waals surface area contributed by atoms with E-state index in [0.29, 0.717) is 12.0 Å². The second-order valence-electron chi connectivity index (χ2n) is 5.31. The Kier molecular flexibility index (Phi) is 4.88. The molecule has 0 amide bonds. The third kappa shape index (κ3) is 3.74. The Morgan fingerprint density at radius 1 is 1.32 bits per heavy atom. The summed E-state index contributed by atoms with van der Waals surface area (Å²) in [5.41, 5.74) is 6.11. The van der Waals surface area contributed by atoms with Crippen LogP contribution in [0.2, 0.25) is 0 Å². The van der Waals surface area contributed by atoms with Crippen molar-refractivity contribution in [1.82, 2.24) is 0 Å². The van der Waals surface area contributed by atoms with Gasteiger partial charge in [0.05, 0.1) is 6.10 Å². The van der Waals surface area contributed by atoms with Crippen molar-refractivity contribution in [1.29, 1.82) is 0 Å². The van der Waals surface area contributed by atoms with Gasteiger partial charge in [-0.05, 0) is 50.7 Å². The van der Waals surface area contributed by atoms with Crippen LogP contribution in [0.15, 0.2) is 18.2 Å². The number of benzene rings is 1. The maximum atomic E-state index is 13.5. The summed E-state index contributed by atoms with van der Waals surface area (Å²) in [5, 5.41) is 0. The van der Waals surface area contributed by atoms with Gasteiger partial charge in [0.2, 0.25) is 0 Å². The van der Waals surface area contributed by atoms with Gasteiger partial charge in [0, 0.05) is 18.2 Å². The normalized spacial score (nSPS) is 24.0.